The Kier molecular flexibility index (Phi) is 7.21. The third-order valence-corrected chi connectivity index (χ3v) is 7.24. The Balaban J connectivity index is 1.28. The summed E-state index contributed by atoms with van der Waals surface area (Å²) in [4.78, 5) is 28.7. The average Bonchev–Trinajstić information content (AvgIpc) is 3.68. The summed E-state index contributed by atoms with van der Waals surface area (Å²) in [5.74, 6) is 2.02. The number of imidazole rings is 2. The summed E-state index contributed by atoms with van der Waals surface area (Å²) < 4.78 is 0. The molecule has 0 aliphatic carbocycles. The summed E-state index contributed by atoms with van der Waals surface area (Å²) in [7, 11) is 0. The highest BCUT2D eigenvalue weighted by molar-refractivity contribution is 5.81. The molecule has 2 aromatic carbocycles. The first kappa shape index (κ1) is 25.9. The zero-order valence-electron chi connectivity index (χ0n) is 22.9. The van der Waals surface area contributed by atoms with Crippen LogP contribution in [0.2, 0.25) is 0 Å². The minimum Gasteiger partial charge on any atom is -0.345 e. The van der Waals surface area contributed by atoms with E-state index in [1.165, 1.54) is 6.42 Å². The standard InChI is InChI=1S/C31H38N6O/c1-19(2)27(37-30(38)31(3,4)5)29-34-18-26(36-29)23-14-10-21(11-15-23)20-8-12-22(13-9-20)25-17-33-28(35-25)24-7-6-16-32-24/h8-15,17-19,24,27,32H,6-7,16H2,1-5H3,(H,33,35)(H,34,36)(H,37,38)/t24-,27?/m0/s1. The zero-order valence-corrected chi connectivity index (χ0v) is 22.9. The molecule has 1 aliphatic rings. The smallest absolute Gasteiger partial charge is 0.225 e. The van der Waals surface area contributed by atoms with Crippen molar-refractivity contribution in [1.29, 1.82) is 0 Å². The molecule has 38 heavy (non-hydrogen) atoms. The van der Waals surface area contributed by atoms with E-state index in [1.807, 2.05) is 33.2 Å². The van der Waals surface area contributed by atoms with Crippen LogP contribution in [-0.2, 0) is 4.79 Å². The zero-order chi connectivity index (χ0) is 26.9. The Morgan fingerprint density at radius 2 is 1.42 bits per heavy atom. The highest BCUT2D eigenvalue weighted by Crippen LogP contribution is 2.29. The molecule has 1 amide bonds. The van der Waals surface area contributed by atoms with E-state index in [-0.39, 0.29) is 17.9 Å². The molecule has 2 aromatic heterocycles. The monoisotopic (exact) mass is 510 g/mol. The van der Waals surface area contributed by atoms with E-state index < -0.39 is 5.41 Å². The SMILES string of the molecule is CC(C)C(NC(=O)C(C)(C)C)c1ncc(-c2ccc(-c3ccc(-c4cnc([C@@H]5CCCN5)[nH]4)cc3)cc2)[nH]1. The van der Waals surface area contributed by atoms with Crippen molar-refractivity contribution in [2.75, 3.05) is 6.54 Å². The molecule has 0 bridgehead atoms. The van der Waals surface area contributed by atoms with Crippen molar-refractivity contribution in [2.24, 2.45) is 11.3 Å². The molecule has 0 radical (unpaired) electrons. The van der Waals surface area contributed by atoms with Gasteiger partial charge in [0, 0.05) is 5.41 Å². The second-order valence-electron chi connectivity index (χ2n) is 11.6. The van der Waals surface area contributed by atoms with E-state index in [0.717, 1.165) is 58.3 Å². The maximum atomic E-state index is 12.6. The summed E-state index contributed by atoms with van der Waals surface area (Å²) in [5, 5.41) is 6.65. The lowest BCUT2D eigenvalue weighted by molar-refractivity contribution is -0.129. The van der Waals surface area contributed by atoms with Crippen LogP contribution in [0.4, 0.5) is 0 Å². The average molecular weight is 511 g/mol. The van der Waals surface area contributed by atoms with E-state index in [2.05, 4.69) is 92.9 Å². The molecule has 7 nitrogen and oxygen atoms in total. The minimum absolute atomic E-state index is 0.0170. The van der Waals surface area contributed by atoms with E-state index in [0.29, 0.717) is 6.04 Å². The van der Waals surface area contributed by atoms with Crippen molar-refractivity contribution in [3.8, 4) is 33.6 Å². The summed E-state index contributed by atoms with van der Waals surface area (Å²) in [6.07, 6.45) is 6.10. The Morgan fingerprint density at radius 1 is 0.868 bits per heavy atom. The predicted octanol–water partition coefficient (Wildman–Crippen LogP) is 6.42. The number of hydrogen-bond donors (Lipinski definition) is 4. The lowest BCUT2D eigenvalue weighted by atomic mass is 9.94. The fraction of sp³-hybridized carbons (Fsp3) is 0.387. The van der Waals surface area contributed by atoms with Gasteiger partial charge in [0.05, 0.1) is 35.9 Å². The van der Waals surface area contributed by atoms with Gasteiger partial charge in [0.15, 0.2) is 0 Å². The van der Waals surface area contributed by atoms with Crippen molar-refractivity contribution >= 4 is 5.91 Å². The molecule has 7 heteroatoms. The largest absolute Gasteiger partial charge is 0.345 e. The number of carbonyl (C=O) groups is 1. The first-order chi connectivity index (χ1) is 18.2. The second-order valence-corrected chi connectivity index (χ2v) is 11.6. The summed E-state index contributed by atoms with van der Waals surface area (Å²) in [5.41, 5.74) is 6.02. The van der Waals surface area contributed by atoms with Gasteiger partial charge in [-0.3, -0.25) is 4.79 Å². The van der Waals surface area contributed by atoms with Gasteiger partial charge in [-0.25, -0.2) is 9.97 Å². The molecule has 2 atom stereocenters. The van der Waals surface area contributed by atoms with E-state index in [9.17, 15) is 4.79 Å². The van der Waals surface area contributed by atoms with Gasteiger partial charge in [0.1, 0.15) is 11.6 Å². The topological polar surface area (TPSA) is 98.5 Å². The number of nitrogens with one attached hydrogen (secondary N) is 4. The van der Waals surface area contributed by atoms with Gasteiger partial charge in [-0.05, 0) is 47.6 Å². The molecular formula is C31H38N6O. The van der Waals surface area contributed by atoms with Crippen LogP contribution in [0.25, 0.3) is 33.6 Å². The number of benzene rings is 2. The number of aromatic nitrogens is 4. The first-order valence-electron chi connectivity index (χ1n) is 13.5. The van der Waals surface area contributed by atoms with Crippen molar-refractivity contribution in [3.63, 3.8) is 0 Å². The number of carbonyl (C=O) groups excluding carboxylic acids is 1. The van der Waals surface area contributed by atoms with Gasteiger partial charge in [0.25, 0.3) is 0 Å². The van der Waals surface area contributed by atoms with Crippen LogP contribution in [0.1, 0.15) is 71.2 Å². The van der Waals surface area contributed by atoms with Gasteiger partial charge < -0.3 is 20.6 Å². The molecule has 0 spiro atoms. The molecule has 4 aromatic rings. The fourth-order valence-electron chi connectivity index (χ4n) is 4.81. The van der Waals surface area contributed by atoms with Crippen LogP contribution in [0.3, 0.4) is 0 Å². The Bertz CT molecular complexity index is 1370. The molecule has 1 unspecified atom stereocenters. The maximum Gasteiger partial charge on any atom is 0.225 e. The molecule has 1 aliphatic heterocycles. The third kappa shape index (κ3) is 5.58. The fourth-order valence-corrected chi connectivity index (χ4v) is 4.81. The number of rotatable bonds is 7. The third-order valence-electron chi connectivity index (χ3n) is 7.24. The molecule has 3 heterocycles. The number of H-pyrrole nitrogens is 2. The number of aromatic amines is 2. The van der Waals surface area contributed by atoms with Gasteiger partial charge in [0.2, 0.25) is 5.91 Å². The first-order valence-corrected chi connectivity index (χ1v) is 13.5. The summed E-state index contributed by atoms with van der Waals surface area (Å²) >= 11 is 0. The van der Waals surface area contributed by atoms with Gasteiger partial charge >= 0.3 is 0 Å². The molecular weight excluding hydrogens is 472 g/mol. The van der Waals surface area contributed by atoms with Gasteiger partial charge in [-0.1, -0.05) is 83.1 Å². The molecule has 4 N–H and O–H groups in total. The molecule has 5 rings (SSSR count). The van der Waals surface area contributed by atoms with Crippen molar-refractivity contribution in [2.45, 2.75) is 59.5 Å². The highest BCUT2D eigenvalue weighted by atomic mass is 16.2. The molecule has 198 valence electrons. The van der Waals surface area contributed by atoms with Gasteiger partial charge in [-0.15, -0.1) is 0 Å². The number of hydrogen-bond acceptors (Lipinski definition) is 4. The van der Waals surface area contributed by atoms with Crippen molar-refractivity contribution in [3.05, 3.63) is 72.6 Å². The Labute approximate surface area is 224 Å². The van der Waals surface area contributed by atoms with Crippen LogP contribution >= 0.6 is 0 Å². The Morgan fingerprint density at radius 3 is 1.95 bits per heavy atom. The van der Waals surface area contributed by atoms with Crippen molar-refractivity contribution < 1.29 is 4.79 Å². The lowest BCUT2D eigenvalue weighted by Gasteiger charge is -2.25. The highest BCUT2D eigenvalue weighted by Gasteiger charge is 2.28. The molecule has 1 saturated heterocycles. The molecule has 0 saturated carbocycles. The van der Waals surface area contributed by atoms with Crippen LogP contribution in [-0.4, -0.2) is 32.4 Å². The number of amides is 1. The molecule has 1 fully saturated rings. The normalized spacial score (nSPS) is 16.6. The summed E-state index contributed by atoms with van der Waals surface area (Å²) in [6.45, 7) is 11.0. The van der Waals surface area contributed by atoms with Crippen molar-refractivity contribution in [1.82, 2.24) is 30.6 Å². The van der Waals surface area contributed by atoms with Crippen LogP contribution in [0.5, 0.6) is 0 Å². The predicted molar refractivity (Wildman–Crippen MR) is 152 cm³/mol. The summed E-state index contributed by atoms with van der Waals surface area (Å²) in [6, 6.07) is 17.2. The van der Waals surface area contributed by atoms with E-state index in [1.54, 1.807) is 0 Å². The second kappa shape index (κ2) is 10.6. The number of nitrogens with zero attached hydrogens (tertiary/aromatic N) is 2. The van der Waals surface area contributed by atoms with Crippen LogP contribution in [0.15, 0.2) is 60.9 Å². The van der Waals surface area contributed by atoms with E-state index >= 15 is 0 Å². The van der Waals surface area contributed by atoms with Gasteiger partial charge in [-0.2, -0.15) is 0 Å². The quantitative estimate of drug-likeness (QED) is 0.231. The maximum absolute atomic E-state index is 12.6. The minimum atomic E-state index is -0.454. The van der Waals surface area contributed by atoms with E-state index in [4.69, 9.17) is 0 Å². The van der Waals surface area contributed by atoms with Crippen LogP contribution in [0, 0.1) is 11.3 Å². The Hall–Kier alpha value is -3.71. The lowest BCUT2D eigenvalue weighted by Crippen LogP contribution is -2.39. The van der Waals surface area contributed by atoms with Crippen LogP contribution < -0.4 is 10.6 Å².